The fraction of sp³-hybridized carbons (Fsp3) is 0. The first-order valence-electron chi connectivity index (χ1n) is 14.5. The van der Waals surface area contributed by atoms with E-state index in [1.165, 1.54) is 51.5 Å². The normalized spacial score (nSPS) is 11.6. The van der Waals surface area contributed by atoms with Crippen LogP contribution in [0, 0.1) is 0 Å². The van der Waals surface area contributed by atoms with E-state index in [9.17, 15) is 0 Å². The van der Waals surface area contributed by atoms with Gasteiger partial charge in [0, 0.05) is 57.0 Å². The Labute approximate surface area is 261 Å². The molecule has 0 saturated heterocycles. The summed E-state index contributed by atoms with van der Waals surface area (Å²) in [5.41, 5.74) is 5.32. The molecule has 206 valence electrons. The quantitative estimate of drug-likeness (QED) is 0.203. The van der Waals surface area contributed by atoms with E-state index in [2.05, 4.69) is 109 Å². The Morgan fingerprint density at radius 1 is 0.341 bits per heavy atom. The van der Waals surface area contributed by atoms with Gasteiger partial charge in [0.15, 0.2) is 17.5 Å². The summed E-state index contributed by atoms with van der Waals surface area (Å²) in [4.78, 5) is 15.0. The van der Waals surface area contributed by atoms with Gasteiger partial charge in [0.05, 0.1) is 0 Å². The molecule has 0 saturated carbocycles. The highest BCUT2D eigenvalue weighted by Gasteiger charge is 2.15. The lowest BCUT2D eigenvalue weighted by atomic mass is 9.98. The summed E-state index contributed by atoms with van der Waals surface area (Å²) in [6.07, 6.45) is 0. The van der Waals surface area contributed by atoms with Crippen molar-refractivity contribution in [3.05, 3.63) is 140 Å². The molecule has 0 amide bonds. The van der Waals surface area contributed by atoms with Crippen molar-refractivity contribution in [2.24, 2.45) is 0 Å². The van der Waals surface area contributed by atoms with E-state index in [1.807, 2.05) is 53.0 Å². The van der Waals surface area contributed by atoms with E-state index in [0.29, 0.717) is 17.5 Å². The van der Waals surface area contributed by atoms with Gasteiger partial charge in [-0.1, -0.05) is 103 Å². The van der Waals surface area contributed by atoms with Gasteiger partial charge in [-0.2, -0.15) is 0 Å². The smallest absolute Gasteiger partial charge is 0.164 e. The molecule has 0 bridgehead atoms. The second kappa shape index (κ2) is 10.2. The minimum atomic E-state index is 0.662. The predicted octanol–water partition coefficient (Wildman–Crippen LogP) is 11.3. The topological polar surface area (TPSA) is 38.7 Å². The van der Waals surface area contributed by atoms with E-state index >= 15 is 0 Å². The zero-order chi connectivity index (χ0) is 29.0. The third-order valence-electron chi connectivity index (χ3n) is 8.16. The van der Waals surface area contributed by atoms with Gasteiger partial charge < -0.3 is 0 Å². The van der Waals surface area contributed by atoms with Crippen LogP contribution in [0.3, 0.4) is 0 Å². The summed E-state index contributed by atoms with van der Waals surface area (Å²) >= 11 is 3.66. The second-order valence-corrected chi connectivity index (χ2v) is 13.0. The third-order valence-corrected chi connectivity index (χ3v) is 10.4. The summed E-state index contributed by atoms with van der Waals surface area (Å²) in [6.45, 7) is 0. The second-order valence-electron chi connectivity index (χ2n) is 10.8. The molecule has 0 N–H and O–H groups in total. The molecule has 0 atom stereocenters. The molecule has 5 heteroatoms. The fourth-order valence-electron chi connectivity index (χ4n) is 6.03. The van der Waals surface area contributed by atoms with Gasteiger partial charge in [0.1, 0.15) is 0 Å². The molecule has 3 heterocycles. The van der Waals surface area contributed by atoms with Crippen LogP contribution >= 0.6 is 22.7 Å². The van der Waals surface area contributed by atoms with Crippen LogP contribution < -0.4 is 0 Å². The van der Waals surface area contributed by atoms with Crippen molar-refractivity contribution in [1.29, 1.82) is 0 Å². The van der Waals surface area contributed by atoms with Crippen LogP contribution in [0.4, 0.5) is 0 Å². The number of benzene rings is 6. The average Bonchev–Trinajstić information content (AvgIpc) is 3.67. The predicted molar refractivity (Wildman–Crippen MR) is 187 cm³/mol. The summed E-state index contributed by atoms with van der Waals surface area (Å²) < 4.78 is 5.16. The van der Waals surface area contributed by atoms with Gasteiger partial charge in [-0.25, -0.2) is 15.0 Å². The van der Waals surface area contributed by atoms with Gasteiger partial charge in [-0.05, 0) is 47.5 Å². The van der Waals surface area contributed by atoms with Gasteiger partial charge in [0.25, 0.3) is 0 Å². The largest absolute Gasteiger partial charge is 0.208 e. The Bertz CT molecular complexity index is 2490. The maximum atomic E-state index is 5.04. The van der Waals surface area contributed by atoms with Crippen molar-refractivity contribution in [1.82, 2.24) is 15.0 Å². The minimum absolute atomic E-state index is 0.662. The maximum absolute atomic E-state index is 5.04. The van der Waals surface area contributed by atoms with Gasteiger partial charge in [-0.3, -0.25) is 0 Å². The van der Waals surface area contributed by atoms with Gasteiger partial charge in [0.2, 0.25) is 0 Å². The first kappa shape index (κ1) is 25.3. The summed E-state index contributed by atoms with van der Waals surface area (Å²) in [7, 11) is 0. The van der Waals surface area contributed by atoms with E-state index in [4.69, 9.17) is 15.0 Å². The molecule has 0 radical (unpaired) electrons. The first-order valence-corrected chi connectivity index (χ1v) is 16.2. The highest BCUT2D eigenvalue weighted by Crippen LogP contribution is 2.40. The number of hydrogen-bond donors (Lipinski definition) is 0. The Balaban J connectivity index is 1.18. The van der Waals surface area contributed by atoms with Crippen LogP contribution in [0.15, 0.2) is 140 Å². The molecule has 9 rings (SSSR count). The van der Waals surface area contributed by atoms with Crippen LogP contribution in [0.2, 0.25) is 0 Å². The monoisotopic (exact) mass is 597 g/mol. The molecule has 6 aromatic carbocycles. The number of rotatable bonds is 4. The zero-order valence-corrected chi connectivity index (χ0v) is 25.1. The minimum Gasteiger partial charge on any atom is -0.208 e. The Kier molecular flexibility index (Phi) is 5.86. The van der Waals surface area contributed by atoms with Crippen LogP contribution in [-0.2, 0) is 0 Å². The lowest BCUT2D eigenvalue weighted by Gasteiger charge is -2.10. The Morgan fingerprint density at radius 3 is 1.64 bits per heavy atom. The molecule has 3 aromatic heterocycles. The molecule has 9 aromatic rings. The molecule has 0 aliphatic heterocycles. The maximum Gasteiger partial charge on any atom is 0.164 e. The molecule has 0 spiro atoms. The molecule has 3 nitrogen and oxygen atoms in total. The molecular formula is C39H23N3S2. The molecule has 0 fully saturated rings. The van der Waals surface area contributed by atoms with Crippen molar-refractivity contribution in [2.45, 2.75) is 0 Å². The van der Waals surface area contributed by atoms with Crippen molar-refractivity contribution in [3.63, 3.8) is 0 Å². The number of nitrogens with zero attached hydrogens (tertiary/aromatic N) is 3. The lowest BCUT2D eigenvalue weighted by molar-refractivity contribution is 1.07. The highest BCUT2D eigenvalue weighted by atomic mass is 32.1. The standard InChI is InChI=1S/C39H23N3S2/c1-2-9-25(10-3-1)37-40-38(42-39(41-37)27-21-22-34-31(23-27)29-11-4-6-14-32(29)43-34)26-19-17-24(18-20-26)28-13-8-16-35-36(28)30-12-5-7-15-33(30)44-35/h1-23H. The van der Waals surface area contributed by atoms with E-state index in [1.54, 1.807) is 0 Å². The fourth-order valence-corrected chi connectivity index (χ4v) is 8.25. The van der Waals surface area contributed by atoms with Gasteiger partial charge >= 0.3 is 0 Å². The Hall–Kier alpha value is -5.23. The summed E-state index contributed by atoms with van der Waals surface area (Å²) in [6, 6.07) is 49.1. The number of thiophene rings is 2. The van der Waals surface area contributed by atoms with Crippen molar-refractivity contribution in [3.8, 4) is 45.3 Å². The SMILES string of the molecule is c1ccc(-c2nc(-c3ccc(-c4cccc5sc6ccccc6c45)cc3)nc(-c3ccc4sc5ccccc5c4c3)n2)cc1. The van der Waals surface area contributed by atoms with Crippen molar-refractivity contribution >= 4 is 63.0 Å². The first-order chi connectivity index (χ1) is 21.8. The summed E-state index contributed by atoms with van der Waals surface area (Å²) in [5, 5.41) is 5.10. The highest BCUT2D eigenvalue weighted by molar-refractivity contribution is 7.26. The zero-order valence-electron chi connectivity index (χ0n) is 23.4. The van der Waals surface area contributed by atoms with E-state index < -0.39 is 0 Å². The molecular weight excluding hydrogens is 575 g/mol. The van der Waals surface area contributed by atoms with Crippen LogP contribution in [-0.4, -0.2) is 15.0 Å². The molecule has 0 unspecified atom stereocenters. The van der Waals surface area contributed by atoms with Crippen LogP contribution in [0.25, 0.3) is 85.6 Å². The average molecular weight is 598 g/mol. The number of fused-ring (bicyclic) bond motifs is 6. The lowest BCUT2D eigenvalue weighted by Crippen LogP contribution is -2.00. The molecule has 44 heavy (non-hydrogen) atoms. The molecule has 0 aliphatic carbocycles. The third kappa shape index (κ3) is 4.21. The van der Waals surface area contributed by atoms with Crippen molar-refractivity contribution < 1.29 is 0 Å². The van der Waals surface area contributed by atoms with Crippen molar-refractivity contribution in [2.75, 3.05) is 0 Å². The van der Waals surface area contributed by atoms with E-state index in [0.717, 1.165) is 16.7 Å². The summed E-state index contributed by atoms with van der Waals surface area (Å²) in [5.74, 6) is 2.00. The number of aromatic nitrogens is 3. The van der Waals surface area contributed by atoms with Gasteiger partial charge in [-0.15, -0.1) is 22.7 Å². The van der Waals surface area contributed by atoms with Crippen LogP contribution in [0.5, 0.6) is 0 Å². The Morgan fingerprint density at radius 2 is 0.864 bits per heavy atom. The van der Waals surface area contributed by atoms with Crippen LogP contribution in [0.1, 0.15) is 0 Å². The number of hydrogen-bond acceptors (Lipinski definition) is 5. The molecule has 0 aliphatic rings. The van der Waals surface area contributed by atoms with E-state index in [-0.39, 0.29) is 0 Å².